The van der Waals surface area contributed by atoms with E-state index < -0.39 is 15.4 Å². The van der Waals surface area contributed by atoms with Crippen molar-refractivity contribution in [3.8, 4) is 5.75 Å². The Hall–Kier alpha value is -1.27. The second-order valence-electron chi connectivity index (χ2n) is 4.94. The summed E-state index contributed by atoms with van der Waals surface area (Å²) in [5.41, 5.74) is 0.314. The van der Waals surface area contributed by atoms with E-state index in [1.165, 1.54) is 0 Å². The Balaban J connectivity index is 2.10. The highest BCUT2D eigenvalue weighted by molar-refractivity contribution is 7.91. The number of nitrogens with one attached hydrogen (secondary N) is 1. The molecule has 0 unspecified atom stereocenters. The van der Waals surface area contributed by atoms with Crippen LogP contribution in [0.2, 0.25) is 0 Å². The molecular formula is C13H19NO4S. The molecule has 5 nitrogen and oxygen atoms in total. The molecule has 0 radical (unpaired) electrons. The number of hydrogen-bond acceptors (Lipinski definition) is 5. The summed E-state index contributed by atoms with van der Waals surface area (Å²) in [6.45, 7) is -0.0749. The zero-order valence-corrected chi connectivity index (χ0v) is 11.7. The van der Waals surface area contributed by atoms with Crippen molar-refractivity contribution in [3.63, 3.8) is 0 Å². The highest BCUT2D eigenvalue weighted by Gasteiger charge is 2.36. The van der Waals surface area contributed by atoms with Crippen LogP contribution < -0.4 is 10.1 Å². The first-order valence-electron chi connectivity index (χ1n) is 6.22. The van der Waals surface area contributed by atoms with Crippen LogP contribution in [-0.4, -0.2) is 44.3 Å². The fourth-order valence-corrected chi connectivity index (χ4v) is 3.84. The number of hydrogen-bond donors (Lipinski definition) is 2. The van der Waals surface area contributed by atoms with E-state index in [-0.39, 0.29) is 18.1 Å². The van der Waals surface area contributed by atoms with Crippen LogP contribution in [0.1, 0.15) is 12.8 Å². The average Bonchev–Trinajstić information content (AvgIpc) is 2.42. The van der Waals surface area contributed by atoms with E-state index in [1.807, 2.05) is 24.3 Å². The van der Waals surface area contributed by atoms with Gasteiger partial charge in [0.25, 0.3) is 0 Å². The molecular weight excluding hydrogens is 266 g/mol. The van der Waals surface area contributed by atoms with Crippen molar-refractivity contribution >= 4 is 15.5 Å². The summed E-state index contributed by atoms with van der Waals surface area (Å²) >= 11 is 0. The van der Waals surface area contributed by atoms with Gasteiger partial charge in [-0.2, -0.15) is 0 Å². The van der Waals surface area contributed by atoms with Crippen LogP contribution >= 0.6 is 0 Å². The lowest BCUT2D eigenvalue weighted by atomic mass is 9.93. The smallest absolute Gasteiger partial charge is 0.150 e. The molecule has 1 heterocycles. The summed E-state index contributed by atoms with van der Waals surface area (Å²) in [5, 5.41) is 12.9. The number of aliphatic hydroxyl groups excluding tert-OH is 1. The summed E-state index contributed by atoms with van der Waals surface area (Å²) in [4.78, 5) is 0. The predicted molar refractivity (Wildman–Crippen MR) is 74.3 cm³/mol. The average molecular weight is 285 g/mol. The SMILES string of the molecule is COc1ccc(NC2(CO)CCS(=O)(=O)CC2)cc1. The van der Waals surface area contributed by atoms with Gasteiger partial charge in [-0.25, -0.2) is 8.42 Å². The second-order valence-corrected chi connectivity index (χ2v) is 7.25. The molecule has 0 bridgehead atoms. The van der Waals surface area contributed by atoms with Crippen molar-refractivity contribution in [2.75, 3.05) is 30.5 Å². The van der Waals surface area contributed by atoms with Crippen molar-refractivity contribution in [2.24, 2.45) is 0 Å². The summed E-state index contributed by atoms with van der Waals surface area (Å²) in [5.74, 6) is 1.00. The maximum Gasteiger partial charge on any atom is 0.150 e. The molecule has 0 aliphatic carbocycles. The van der Waals surface area contributed by atoms with Crippen LogP contribution in [0.3, 0.4) is 0 Å². The summed E-state index contributed by atoms with van der Waals surface area (Å²) in [7, 11) is -1.34. The highest BCUT2D eigenvalue weighted by Crippen LogP contribution is 2.28. The van der Waals surface area contributed by atoms with E-state index in [0.717, 1.165) is 11.4 Å². The van der Waals surface area contributed by atoms with Gasteiger partial charge in [-0.3, -0.25) is 0 Å². The molecule has 106 valence electrons. The van der Waals surface area contributed by atoms with Crippen LogP contribution in [0.5, 0.6) is 5.75 Å². The summed E-state index contributed by atoms with van der Waals surface area (Å²) < 4.78 is 28.0. The third kappa shape index (κ3) is 3.39. The van der Waals surface area contributed by atoms with Crippen LogP contribution in [-0.2, 0) is 9.84 Å². The molecule has 2 rings (SSSR count). The number of rotatable bonds is 4. The molecule has 1 aromatic rings. The third-order valence-corrected chi connectivity index (χ3v) is 5.24. The lowest BCUT2D eigenvalue weighted by molar-refractivity contribution is 0.200. The molecule has 1 saturated heterocycles. The van der Waals surface area contributed by atoms with Gasteiger partial charge in [0, 0.05) is 5.69 Å². The minimum absolute atomic E-state index is 0.0749. The van der Waals surface area contributed by atoms with Gasteiger partial charge in [-0.15, -0.1) is 0 Å². The van der Waals surface area contributed by atoms with Crippen LogP contribution in [0.25, 0.3) is 0 Å². The van der Waals surface area contributed by atoms with Crippen LogP contribution in [0.15, 0.2) is 24.3 Å². The standard InChI is InChI=1S/C13H19NO4S/c1-18-12-4-2-11(3-5-12)14-13(10-15)6-8-19(16,17)9-7-13/h2-5,14-15H,6-10H2,1H3. The predicted octanol–water partition coefficient (Wildman–Crippen LogP) is 1.05. The van der Waals surface area contributed by atoms with Crippen molar-refractivity contribution in [1.29, 1.82) is 0 Å². The molecule has 0 atom stereocenters. The fraction of sp³-hybridized carbons (Fsp3) is 0.538. The van der Waals surface area contributed by atoms with E-state index in [2.05, 4.69) is 5.32 Å². The van der Waals surface area contributed by atoms with Gasteiger partial charge >= 0.3 is 0 Å². The first-order chi connectivity index (χ1) is 8.99. The van der Waals surface area contributed by atoms with Crippen LogP contribution in [0, 0.1) is 0 Å². The molecule has 1 fully saturated rings. The van der Waals surface area contributed by atoms with Gasteiger partial charge in [0.05, 0.1) is 30.8 Å². The number of ether oxygens (including phenoxy) is 1. The molecule has 0 amide bonds. The van der Waals surface area contributed by atoms with E-state index in [0.29, 0.717) is 12.8 Å². The third-order valence-electron chi connectivity index (χ3n) is 3.59. The lowest BCUT2D eigenvalue weighted by Gasteiger charge is -2.37. The molecule has 1 aliphatic rings. The van der Waals surface area contributed by atoms with Crippen molar-refractivity contribution in [2.45, 2.75) is 18.4 Å². The quantitative estimate of drug-likeness (QED) is 0.864. The largest absolute Gasteiger partial charge is 0.497 e. The molecule has 2 N–H and O–H groups in total. The Morgan fingerprint density at radius 3 is 2.32 bits per heavy atom. The van der Waals surface area contributed by atoms with E-state index in [9.17, 15) is 13.5 Å². The Morgan fingerprint density at radius 1 is 1.26 bits per heavy atom. The summed E-state index contributed by atoms with van der Waals surface area (Å²) in [6, 6.07) is 7.37. The maximum atomic E-state index is 11.5. The molecule has 0 aromatic heterocycles. The highest BCUT2D eigenvalue weighted by atomic mass is 32.2. The lowest BCUT2D eigenvalue weighted by Crippen LogP contribution is -2.48. The Morgan fingerprint density at radius 2 is 1.84 bits per heavy atom. The number of sulfone groups is 1. The molecule has 0 spiro atoms. The zero-order valence-electron chi connectivity index (χ0n) is 10.9. The number of benzene rings is 1. The Bertz CT molecular complexity index is 510. The van der Waals surface area contributed by atoms with Crippen molar-refractivity contribution in [1.82, 2.24) is 0 Å². The van der Waals surface area contributed by atoms with Gasteiger partial charge in [-0.05, 0) is 37.1 Å². The molecule has 0 saturated carbocycles. The topological polar surface area (TPSA) is 75.6 Å². The van der Waals surface area contributed by atoms with E-state index in [4.69, 9.17) is 4.74 Å². The molecule has 6 heteroatoms. The summed E-state index contributed by atoms with van der Waals surface area (Å²) in [6.07, 6.45) is 0.857. The van der Waals surface area contributed by atoms with Crippen molar-refractivity contribution < 1.29 is 18.3 Å². The molecule has 19 heavy (non-hydrogen) atoms. The zero-order chi connectivity index (χ0) is 13.9. The van der Waals surface area contributed by atoms with Gasteiger partial charge in [-0.1, -0.05) is 0 Å². The molecule has 1 aliphatic heterocycles. The van der Waals surface area contributed by atoms with Gasteiger partial charge in [0.1, 0.15) is 5.75 Å². The number of anilines is 1. The second kappa shape index (κ2) is 5.38. The minimum atomic E-state index is -2.94. The van der Waals surface area contributed by atoms with E-state index in [1.54, 1.807) is 7.11 Å². The fourth-order valence-electron chi connectivity index (χ4n) is 2.23. The normalized spacial score (nSPS) is 20.7. The first-order valence-corrected chi connectivity index (χ1v) is 8.04. The maximum absolute atomic E-state index is 11.5. The number of methoxy groups -OCH3 is 1. The van der Waals surface area contributed by atoms with E-state index >= 15 is 0 Å². The van der Waals surface area contributed by atoms with Crippen LogP contribution in [0.4, 0.5) is 5.69 Å². The monoisotopic (exact) mass is 285 g/mol. The molecule has 1 aromatic carbocycles. The Labute approximate surface area is 113 Å². The first kappa shape index (κ1) is 14.1. The van der Waals surface area contributed by atoms with Gasteiger partial charge in [0.2, 0.25) is 0 Å². The van der Waals surface area contributed by atoms with Gasteiger partial charge in [0.15, 0.2) is 9.84 Å². The number of aliphatic hydroxyl groups is 1. The van der Waals surface area contributed by atoms with Gasteiger partial charge < -0.3 is 15.2 Å². The minimum Gasteiger partial charge on any atom is -0.497 e. The van der Waals surface area contributed by atoms with Crippen molar-refractivity contribution in [3.05, 3.63) is 24.3 Å². The Kier molecular flexibility index (Phi) is 4.01.